The quantitative estimate of drug-likeness (QED) is 0.866. The van der Waals surface area contributed by atoms with E-state index in [4.69, 9.17) is 0 Å². The van der Waals surface area contributed by atoms with Gasteiger partial charge >= 0.3 is 0 Å². The van der Waals surface area contributed by atoms with Gasteiger partial charge in [-0.05, 0) is 46.9 Å². The summed E-state index contributed by atoms with van der Waals surface area (Å²) in [6.45, 7) is 2.79. The molecule has 4 heterocycles. The molecule has 2 aliphatic heterocycles. The molecule has 0 N–H and O–H groups in total. The summed E-state index contributed by atoms with van der Waals surface area (Å²) in [5.41, 5.74) is 2.52. The third-order valence-corrected chi connectivity index (χ3v) is 5.77. The number of amides is 1. The van der Waals surface area contributed by atoms with Gasteiger partial charge in [0.15, 0.2) is 0 Å². The molecule has 2 aromatic heterocycles. The molecule has 4 rings (SSSR count). The Balaban J connectivity index is 1.49. The summed E-state index contributed by atoms with van der Waals surface area (Å²) < 4.78 is 0. The highest BCUT2D eigenvalue weighted by molar-refractivity contribution is 7.07. The molecule has 0 radical (unpaired) electrons. The van der Waals surface area contributed by atoms with Crippen LogP contribution in [0.25, 0.3) is 0 Å². The van der Waals surface area contributed by atoms with Crippen molar-refractivity contribution in [3.8, 4) is 0 Å². The van der Waals surface area contributed by atoms with Gasteiger partial charge in [-0.1, -0.05) is 6.07 Å². The number of aromatic nitrogens is 1. The highest BCUT2D eigenvalue weighted by atomic mass is 32.1. The fraction of sp³-hybridized carbons (Fsp3) is 0.444. The lowest BCUT2D eigenvalue weighted by Crippen LogP contribution is -2.51. The van der Waals surface area contributed by atoms with Crippen molar-refractivity contribution < 1.29 is 4.79 Å². The van der Waals surface area contributed by atoms with Gasteiger partial charge < -0.3 is 4.90 Å². The van der Waals surface area contributed by atoms with E-state index < -0.39 is 0 Å². The van der Waals surface area contributed by atoms with Crippen molar-refractivity contribution in [3.63, 3.8) is 0 Å². The van der Waals surface area contributed by atoms with Gasteiger partial charge in [0.05, 0.1) is 0 Å². The fourth-order valence-corrected chi connectivity index (χ4v) is 4.61. The van der Waals surface area contributed by atoms with E-state index in [0.29, 0.717) is 31.0 Å². The molecule has 2 fully saturated rings. The van der Waals surface area contributed by atoms with Crippen molar-refractivity contribution in [1.82, 2.24) is 14.8 Å². The molecule has 5 heteroatoms. The van der Waals surface area contributed by atoms with E-state index in [1.807, 2.05) is 12.3 Å². The number of likely N-dealkylation sites (tertiary alicyclic amines) is 2. The van der Waals surface area contributed by atoms with E-state index in [0.717, 1.165) is 31.5 Å². The van der Waals surface area contributed by atoms with Gasteiger partial charge in [-0.15, -0.1) is 0 Å². The Morgan fingerprint density at radius 3 is 2.91 bits per heavy atom. The van der Waals surface area contributed by atoms with Gasteiger partial charge in [0.1, 0.15) is 0 Å². The molecular weight excluding hydrogens is 306 g/mol. The van der Waals surface area contributed by atoms with E-state index in [1.54, 1.807) is 17.5 Å². The van der Waals surface area contributed by atoms with Crippen molar-refractivity contribution in [2.75, 3.05) is 6.54 Å². The smallest absolute Gasteiger partial charge is 0.223 e. The van der Waals surface area contributed by atoms with Crippen molar-refractivity contribution in [1.29, 1.82) is 0 Å². The fourth-order valence-electron chi connectivity index (χ4n) is 3.95. The highest BCUT2D eigenvalue weighted by Gasteiger charge is 2.42. The van der Waals surface area contributed by atoms with E-state index in [2.05, 4.69) is 37.7 Å². The Bertz CT molecular complexity index is 658. The number of fused-ring (bicyclic) bond motifs is 1. The third kappa shape index (κ3) is 3.03. The molecule has 4 nitrogen and oxygen atoms in total. The second-order valence-corrected chi connectivity index (χ2v) is 7.23. The number of carbonyl (C=O) groups excluding carboxylic acids is 1. The maximum Gasteiger partial charge on any atom is 0.223 e. The molecule has 2 aromatic rings. The highest BCUT2D eigenvalue weighted by Crippen LogP contribution is 2.33. The van der Waals surface area contributed by atoms with Crippen molar-refractivity contribution >= 4 is 17.2 Å². The molecule has 0 unspecified atom stereocenters. The topological polar surface area (TPSA) is 36.4 Å². The first-order valence-corrected chi connectivity index (χ1v) is 9.19. The second kappa shape index (κ2) is 6.42. The van der Waals surface area contributed by atoms with Crippen LogP contribution in [0.5, 0.6) is 0 Å². The number of rotatable bonds is 4. The zero-order valence-corrected chi connectivity index (χ0v) is 13.9. The Kier molecular flexibility index (Phi) is 4.14. The van der Waals surface area contributed by atoms with Crippen molar-refractivity contribution in [3.05, 3.63) is 52.5 Å². The summed E-state index contributed by atoms with van der Waals surface area (Å²) >= 11 is 1.76. The Hall–Kier alpha value is -1.72. The average Bonchev–Trinajstić information content (AvgIpc) is 3.22. The predicted molar refractivity (Wildman–Crippen MR) is 90.9 cm³/mol. The van der Waals surface area contributed by atoms with Gasteiger partial charge in [0.25, 0.3) is 0 Å². The minimum atomic E-state index is 0.299. The number of nitrogens with zero attached hydrogens (tertiary/aromatic N) is 3. The zero-order valence-electron chi connectivity index (χ0n) is 13.1. The van der Waals surface area contributed by atoms with Gasteiger partial charge in [-0.2, -0.15) is 11.3 Å². The molecule has 0 saturated carbocycles. The molecule has 2 atom stereocenters. The lowest BCUT2D eigenvalue weighted by molar-refractivity contribution is -0.138. The summed E-state index contributed by atoms with van der Waals surface area (Å²) in [4.78, 5) is 21.3. The maximum atomic E-state index is 12.5. The lowest BCUT2D eigenvalue weighted by atomic mass is 9.95. The zero-order chi connectivity index (χ0) is 15.6. The van der Waals surface area contributed by atoms with Crippen LogP contribution in [0.15, 0.2) is 41.4 Å². The summed E-state index contributed by atoms with van der Waals surface area (Å²) in [5, 5.41) is 4.37. The first kappa shape index (κ1) is 14.8. The number of hydrogen-bond acceptors (Lipinski definition) is 4. The molecule has 2 saturated heterocycles. The molecule has 0 bridgehead atoms. The lowest BCUT2D eigenvalue weighted by Gasteiger charge is -2.40. The van der Waals surface area contributed by atoms with Crippen molar-refractivity contribution in [2.45, 2.75) is 44.4 Å². The van der Waals surface area contributed by atoms with Gasteiger partial charge in [-0.3, -0.25) is 14.7 Å². The number of thiophene rings is 1. The van der Waals surface area contributed by atoms with Crippen LogP contribution < -0.4 is 0 Å². The normalized spacial score (nSPS) is 24.9. The van der Waals surface area contributed by atoms with E-state index >= 15 is 0 Å². The predicted octanol–water partition coefficient (Wildman–Crippen LogP) is 2.91. The Labute approximate surface area is 140 Å². The minimum Gasteiger partial charge on any atom is -0.334 e. The summed E-state index contributed by atoms with van der Waals surface area (Å²) in [7, 11) is 0. The Morgan fingerprint density at radius 1 is 1.17 bits per heavy atom. The van der Waals surface area contributed by atoms with E-state index in [-0.39, 0.29) is 0 Å². The molecular formula is C18H21N3OS. The monoisotopic (exact) mass is 327 g/mol. The summed E-state index contributed by atoms with van der Waals surface area (Å²) in [5.74, 6) is 0.299. The van der Waals surface area contributed by atoms with Crippen LogP contribution in [-0.4, -0.2) is 39.3 Å². The molecule has 120 valence electrons. The van der Waals surface area contributed by atoms with Crippen LogP contribution in [0, 0.1) is 0 Å². The molecule has 2 aliphatic rings. The van der Waals surface area contributed by atoms with Crippen molar-refractivity contribution in [2.24, 2.45) is 0 Å². The van der Waals surface area contributed by atoms with Gasteiger partial charge in [0.2, 0.25) is 5.91 Å². The van der Waals surface area contributed by atoms with Crippen LogP contribution in [0.1, 0.15) is 30.4 Å². The second-order valence-electron chi connectivity index (χ2n) is 6.45. The summed E-state index contributed by atoms with van der Waals surface area (Å²) in [6.07, 6.45) is 6.40. The average molecular weight is 327 g/mol. The van der Waals surface area contributed by atoms with Crippen LogP contribution >= 0.6 is 11.3 Å². The van der Waals surface area contributed by atoms with Crippen LogP contribution in [-0.2, 0) is 17.9 Å². The van der Waals surface area contributed by atoms with Crippen LogP contribution in [0.3, 0.4) is 0 Å². The number of carbonyl (C=O) groups is 1. The van der Waals surface area contributed by atoms with E-state index in [1.165, 1.54) is 5.56 Å². The number of hydrogen-bond donors (Lipinski definition) is 0. The number of piperidine rings is 1. The molecule has 1 amide bonds. The standard InChI is InChI=1S/C18H21N3OS/c22-18-4-3-16-17(21(18)12-14-2-1-7-19-10-14)5-8-20(16)11-15-6-9-23-13-15/h1-2,6-7,9-10,13,16-17H,3-5,8,11-12H2/t16-,17-/m0/s1. The molecule has 23 heavy (non-hydrogen) atoms. The minimum absolute atomic E-state index is 0.299. The number of pyridine rings is 1. The molecule has 0 spiro atoms. The first-order valence-electron chi connectivity index (χ1n) is 8.25. The summed E-state index contributed by atoms with van der Waals surface area (Å²) in [6, 6.07) is 7.07. The van der Waals surface area contributed by atoms with Gasteiger partial charge in [0, 0.05) is 50.5 Å². The van der Waals surface area contributed by atoms with Gasteiger partial charge in [-0.25, -0.2) is 0 Å². The third-order valence-electron chi connectivity index (χ3n) is 5.04. The van der Waals surface area contributed by atoms with E-state index in [9.17, 15) is 4.79 Å². The first-order chi connectivity index (χ1) is 11.3. The molecule has 0 aliphatic carbocycles. The van der Waals surface area contributed by atoms with Crippen LogP contribution in [0.4, 0.5) is 0 Å². The largest absolute Gasteiger partial charge is 0.334 e. The Morgan fingerprint density at radius 2 is 2.13 bits per heavy atom. The SMILES string of the molecule is O=C1CC[C@H]2[C@H](CCN2Cc2ccsc2)N1Cc1cccnc1. The van der Waals surface area contributed by atoms with Crippen LogP contribution in [0.2, 0.25) is 0 Å². The molecule has 0 aromatic carbocycles. The maximum absolute atomic E-state index is 12.5.